The van der Waals surface area contributed by atoms with Crippen molar-refractivity contribution in [2.45, 2.75) is 32.5 Å². The SMILES string of the molecule is CC1Cc2cc(CNC(=O)c3ccccc3Cn3ccnn3)ccc2O1. The van der Waals surface area contributed by atoms with Crippen LogP contribution in [0, 0.1) is 0 Å². The fourth-order valence-corrected chi connectivity index (χ4v) is 3.23. The van der Waals surface area contributed by atoms with Crippen LogP contribution in [0.25, 0.3) is 0 Å². The highest BCUT2D eigenvalue weighted by molar-refractivity contribution is 5.95. The van der Waals surface area contributed by atoms with E-state index in [4.69, 9.17) is 4.74 Å². The summed E-state index contributed by atoms with van der Waals surface area (Å²) in [6.07, 6.45) is 4.54. The van der Waals surface area contributed by atoms with E-state index in [1.165, 1.54) is 5.56 Å². The van der Waals surface area contributed by atoms with Gasteiger partial charge in [-0.15, -0.1) is 5.10 Å². The Hall–Kier alpha value is -3.15. The lowest BCUT2D eigenvalue weighted by molar-refractivity contribution is 0.0950. The molecule has 1 aliphatic heterocycles. The number of aromatic nitrogens is 3. The molecule has 0 radical (unpaired) electrons. The van der Waals surface area contributed by atoms with Gasteiger partial charge in [-0.3, -0.25) is 4.79 Å². The minimum absolute atomic E-state index is 0.0918. The molecule has 3 aromatic rings. The zero-order valence-corrected chi connectivity index (χ0v) is 14.6. The standard InChI is InChI=1S/C20H20N4O2/c1-14-10-17-11-15(6-7-19(17)26-14)12-21-20(25)18-5-3-2-4-16(18)13-24-9-8-22-23-24/h2-9,11,14H,10,12-13H2,1H3,(H,21,25). The van der Waals surface area contributed by atoms with Crippen LogP contribution in [0.5, 0.6) is 5.75 Å². The first-order valence-electron chi connectivity index (χ1n) is 8.68. The highest BCUT2D eigenvalue weighted by Crippen LogP contribution is 2.29. The number of hydrogen-bond acceptors (Lipinski definition) is 4. The van der Waals surface area contributed by atoms with Gasteiger partial charge in [0.1, 0.15) is 11.9 Å². The van der Waals surface area contributed by atoms with Crippen molar-refractivity contribution in [3.8, 4) is 5.75 Å². The van der Waals surface area contributed by atoms with Crippen molar-refractivity contribution < 1.29 is 9.53 Å². The number of carbonyl (C=O) groups excluding carboxylic acids is 1. The molecule has 0 saturated carbocycles. The summed E-state index contributed by atoms with van der Waals surface area (Å²) in [6.45, 7) is 3.06. The number of benzene rings is 2. The molecule has 0 bridgehead atoms. The highest BCUT2D eigenvalue weighted by Gasteiger charge is 2.19. The molecule has 0 saturated heterocycles. The molecule has 4 rings (SSSR count). The molecule has 1 amide bonds. The van der Waals surface area contributed by atoms with Gasteiger partial charge in [0.15, 0.2) is 0 Å². The van der Waals surface area contributed by atoms with Crippen molar-refractivity contribution in [2.75, 3.05) is 0 Å². The van der Waals surface area contributed by atoms with Gasteiger partial charge in [-0.25, -0.2) is 4.68 Å². The second-order valence-corrected chi connectivity index (χ2v) is 6.52. The van der Waals surface area contributed by atoms with Crippen molar-refractivity contribution in [1.82, 2.24) is 20.3 Å². The smallest absolute Gasteiger partial charge is 0.251 e. The summed E-state index contributed by atoms with van der Waals surface area (Å²) in [5.41, 5.74) is 3.84. The van der Waals surface area contributed by atoms with Crippen molar-refractivity contribution >= 4 is 5.91 Å². The third-order valence-electron chi connectivity index (χ3n) is 4.48. The Morgan fingerprint density at radius 2 is 2.19 bits per heavy atom. The number of fused-ring (bicyclic) bond motifs is 1. The number of carbonyl (C=O) groups is 1. The van der Waals surface area contributed by atoms with Crippen LogP contribution < -0.4 is 10.1 Å². The van der Waals surface area contributed by atoms with E-state index in [0.29, 0.717) is 18.7 Å². The average Bonchev–Trinajstić information content (AvgIpc) is 3.28. The lowest BCUT2D eigenvalue weighted by Crippen LogP contribution is -2.24. The second-order valence-electron chi connectivity index (χ2n) is 6.52. The largest absolute Gasteiger partial charge is 0.490 e. The van der Waals surface area contributed by atoms with Crippen molar-refractivity contribution in [3.05, 3.63) is 77.1 Å². The summed E-state index contributed by atoms with van der Waals surface area (Å²) < 4.78 is 7.42. The van der Waals surface area contributed by atoms with Gasteiger partial charge in [-0.1, -0.05) is 35.5 Å². The van der Waals surface area contributed by atoms with Gasteiger partial charge in [0.25, 0.3) is 5.91 Å². The van der Waals surface area contributed by atoms with Crippen LogP contribution >= 0.6 is 0 Å². The molecule has 1 N–H and O–H groups in total. The number of nitrogens with one attached hydrogen (secondary N) is 1. The zero-order chi connectivity index (χ0) is 17.9. The molecule has 26 heavy (non-hydrogen) atoms. The number of nitrogens with zero attached hydrogens (tertiary/aromatic N) is 3. The van der Waals surface area contributed by atoms with E-state index in [1.807, 2.05) is 36.4 Å². The Morgan fingerprint density at radius 1 is 1.31 bits per heavy atom. The summed E-state index contributed by atoms with van der Waals surface area (Å²) in [7, 11) is 0. The van der Waals surface area contributed by atoms with Crippen LogP contribution in [-0.4, -0.2) is 27.0 Å². The highest BCUT2D eigenvalue weighted by atomic mass is 16.5. The van der Waals surface area contributed by atoms with Crippen LogP contribution in [0.15, 0.2) is 54.9 Å². The Bertz CT molecular complexity index is 921. The second kappa shape index (κ2) is 7.00. The monoisotopic (exact) mass is 348 g/mol. The summed E-state index contributed by atoms with van der Waals surface area (Å²) in [6, 6.07) is 13.7. The maximum absolute atomic E-state index is 12.7. The molecule has 132 valence electrons. The molecule has 0 fully saturated rings. The van der Waals surface area contributed by atoms with Crippen LogP contribution in [0.1, 0.15) is 34.0 Å². The van der Waals surface area contributed by atoms with E-state index >= 15 is 0 Å². The number of rotatable bonds is 5. The van der Waals surface area contributed by atoms with Gasteiger partial charge in [0.05, 0.1) is 12.7 Å². The van der Waals surface area contributed by atoms with Gasteiger partial charge in [-0.05, 0) is 35.7 Å². The van der Waals surface area contributed by atoms with Gasteiger partial charge < -0.3 is 10.1 Å². The molecule has 1 atom stereocenters. The Labute approximate surface area is 151 Å². The minimum Gasteiger partial charge on any atom is -0.490 e. The quantitative estimate of drug-likeness (QED) is 0.769. The van der Waals surface area contributed by atoms with Crippen LogP contribution in [0.2, 0.25) is 0 Å². The maximum atomic E-state index is 12.7. The third-order valence-corrected chi connectivity index (χ3v) is 4.48. The average molecular weight is 348 g/mol. The lowest BCUT2D eigenvalue weighted by Gasteiger charge is -2.11. The molecule has 2 heterocycles. The zero-order valence-electron chi connectivity index (χ0n) is 14.6. The fourth-order valence-electron chi connectivity index (χ4n) is 3.23. The molecule has 1 aromatic heterocycles. The predicted molar refractivity (Wildman–Crippen MR) is 97.0 cm³/mol. The van der Waals surface area contributed by atoms with Crippen molar-refractivity contribution in [1.29, 1.82) is 0 Å². The Kier molecular flexibility index (Phi) is 4.39. The molecular weight excluding hydrogens is 328 g/mol. The molecule has 0 spiro atoms. The molecule has 1 aliphatic rings. The summed E-state index contributed by atoms with van der Waals surface area (Å²) in [4.78, 5) is 12.7. The van der Waals surface area contributed by atoms with E-state index in [1.54, 1.807) is 17.1 Å². The van der Waals surface area contributed by atoms with E-state index in [0.717, 1.165) is 23.3 Å². The van der Waals surface area contributed by atoms with E-state index in [-0.39, 0.29) is 12.0 Å². The van der Waals surface area contributed by atoms with Gasteiger partial charge in [-0.2, -0.15) is 0 Å². The molecule has 6 nitrogen and oxygen atoms in total. The summed E-state index contributed by atoms with van der Waals surface area (Å²) in [5, 5.41) is 10.8. The third kappa shape index (κ3) is 3.44. The normalized spacial score (nSPS) is 15.3. The maximum Gasteiger partial charge on any atom is 0.251 e. The van der Waals surface area contributed by atoms with E-state index < -0.39 is 0 Å². The topological polar surface area (TPSA) is 69.0 Å². The number of amides is 1. The minimum atomic E-state index is -0.0918. The van der Waals surface area contributed by atoms with Crippen molar-refractivity contribution in [3.63, 3.8) is 0 Å². The molecule has 1 unspecified atom stereocenters. The molecule has 0 aliphatic carbocycles. The summed E-state index contributed by atoms with van der Waals surface area (Å²) >= 11 is 0. The van der Waals surface area contributed by atoms with Gasteiger partial charge in [0.2, 0.25) is 0 Å². The Balaban J connectivity index is 1.45. The van der Waals surface area contributed by atoms with E-state index in [2.05, 4.69) is 28.6 Å². The van der Waals surface area contributed by atoms with Crippen LogP contribution in [0.4, 0.5) is 0 Å². The van der Waals surface area contributed by atoms with Gasteiger partial charge >= 0.3 is 0 Å². The first-order chi connectivity index (χ1) is 12.7. The fraction of sp³-hybridized carbons (Fsp3) is 0.250. The molecular formula is C20H20N4O2. The Morgan fingerprint density at radius 3 is 3.04 bits per heavy atom. The van der Waals surface area contributed by atoms with Crippen LogP contribution in [0.3, 0.4) is 0 Å². The van der Waals surface area contributed by atoms with Crippen LogP contribution in [-0.2, 0) is 19.5 Å². The molecule has 6 heteroatoms. The molecule has 2 aromatic carbocycles. The first-order valence-corrected chi connectivity index (χ1v) is 8.68. The van der Waals surface area contributed by atoms with Crippen molar-refractivity contribution in [2.24, 2.45) is 0 Å². The number of ether oxygens (including phenoxy) is 1. The lowest BCUT2D eigenvalue weighted by atomic mass is 10.1. The van der Waals surface area contributed by atoms with E-state index in [9.17, 15) is 4.79 Å². The predicted octanol–water partition coefficient (Wildman–Crippen LogP) is 2.58. The summed E-state index contributed by atoms with van der Waals surface area (Å²) in [5.74, 6) is 0.858. The number of hydrogen-bond donors (Lipinski definition) is 1. The van der Waals surface area contributed by atoms with Gasteiger partial charge in [0, 0.05) is 24.7 Å². The first kappa shape index (κ1) is 16.3.